The minimum atomic E-state index is -2.86. The zero-order valence-corrected chi connectivity index (χ0v) is 18.0. The van der Waals surface area contributed by atoms with Crippen molar-refractivity contribution < 1.29 is 17.9 Å². The molecule has 1 aliphatic heterocycles. The summed E-state index contributed by atoms with van der Waals surface area (Å²) in [5, 5.41) is 6.50. The number of hydrogen-bond acceptors (Lipinski definition) is 5. The summed E-state index contributed by atoms with van der Waals surface area (Å²) in [5.74, 6) is 2.24. The van der Waals surface area contributed by atoms with Gasteiger partial charge in [-0.1, -0.05) is 12.1 Å². The number of methoxy groups -OCH3 is 1. The summed E-state index contributed by atoms with van der Waals surface area (Å²) in [6.45, 7) is 7.15. The Morgan fingerprint density at radius 2 is 2.11 bits per heavy atom. The van der Waals surface area contributed by atoms with Gasteiger partial charge in [-0.3, -0.25) is 0 Å². The molecule has 1 heterocycles. The molecule has 1 aromatic carbocycles. The second-order valence-corrected chi connectivity index (χ2v) is 9.38. The van der Waals surface area contributed by atoms with E-state index in [-0.39, 0.29) is 11.7 Å². The average molecular weight is 412 g/mol. The van der Waals surface area contributed by atoms with Crippen molar-refractivity contribution in [2.75, 3.05) is 44.9 Å². The van der Waals surface area contributed by atoms with Crippen LogP contribution in [0.15, 0.2) is 23.2 Å². The fraction of sp³-hybridized carbons (Fsp3) is 0.650. The van der Waals surface area contributed by atoms with Gasteiger partial charge in [-0.15, -0.1) is 0 Å². The number of aliphatic imine (C=N–C) groups is 1. The Labute approximate surface area is 168 Å². The van der Waals surface area contributed by atoms with E-state index < -0.39 is 9.84 Å². The smallest absolute Gasteiger partial charge is 0.191 e. The Morgan fingerprint density at radius 3 is 2.79 bits per heavy atom. The van der Waals surface area contributed by atoms with Crippen molar-refractivity contribution in [3.63, 3.8) is 0 Å². The second kappa shape index (κ2) is 11.3. The third kappa shape index (κ3) is 7.67. The van der Waals surface area contributed by atoms with Crippen LogP contribution in [0.5, 0.6) is 5.75 Å². The molecule has 0 radical (unpaired) electrons. The molecule has 28 heavy (non-hydrogen) atoms. The largest absolute Gasteiger partial charge is 0.493 e. The van der Waals surface area contributed by atoms with Gasteiger partial charge in [-0.25, -0.2) is 13.4 Å². The van der Waals surface area contributed by atoms with Crippen LogP contribution in [0.1, 0.15) is 30.9 Å². The number of nitrogens with one attached hydrogen (secondary N) is 2. The molecule has 1 aliphatic rings. The molecule has 1 unspecified atom stereocenters. The van der Waals surface area contributed by atoms with Gasteiger partial charge >= 0.3 is 0 Å². The van der Waals surface area contributed by atoms with Crippen molar-refractivity contribution in [2.24, 2.45) is 10.9 Å². The maximum atomic E-state index is 11.6. The Bertz CT molecular complexity index is 750. The summed E-state index contributed by atoms with van der Waals surface area (Å²) in [6.07, 6.45) is 1.55. The Hall–Kier alpha value is -1.80. The number of aryl methyl sites for hydroxylation is 1. The Kier molecular flexibility index (Phi) is 9.05. The summed E-state index contributed by atoms with van der Waals surface area (Å²) in [7, 11) is -1.18. The van der Waals surface area contributed by atoms with Crippen LogP contribution in [0.25, 0.3) is 0 Å². The number of sulfone groups is 1. The molecule has 0 aromatic heterocycles. The fourth-order valence-electron chi connectivity index (χ4n) is 3.09. The summed E-state index contributed by atoms with van der Waals surface area (Å²) in [5.41, 5.74) is 2.16. The molecular formula is C20H33N3O4S. The van der Waals surface area contributed by atoms with Gasteiger partial charge in [0.05, 0.1) is 24.7 Å². The zero-order chi connectivity index (χ0) is 20.4. The normalized spacial score (nSPS) is 18.8. The topological polar surface area (TPSA) is 89.0 Å². The van der Waals surface area contributed by atoms with E-state index >= 15 is 0 Å². The van der Waals surface area contributed by atoms with Crippen molar-refractivity contribution in [1.29, 1.82) is 0 Å². The average Bonchev–Trinajstić information content (AvgIpc) is 3.01. The van der Waals surface area contributed by atoms with Crippen molar-refractivity contribution in [3.8, 4) is 5.75 Å². The van der Waals surface area contributed by atoms with Crippen LogP contribution >= 0.6 is 0 Å². The molecular weight excluding hydrogens is 378 g/mol. The molecule has 7 nitrogen and oxygen atoms in total. The van der Waals surface area contributed by atoms with Gasteiger partial charge in [0.2, 0.25) is 0 Å². The molecule has 0 amide bonds. The number of guanidine groups is 1. The maximum Gasteiger partial charge on any atom is 0.191 e. The van der Waals surface area contributed by atoms with E-state index in [2.05, 4.69) is 21.7 Å². The van der Waals surface area contributed by atoms with E-state index in [1.807, 2.05) is 26.0 Å². The molecule has 8 heteroatoms. The van der Waals surface area contributed by atoms with Crippen LogP contribution in [0.2, 0.25) is 0 Å². The number of nitrogens with zero attached hydrogens (tertiary/aromatic N) is 1. The highest BCUT2D eigenvalue weighted by atomic mass is 32.2. The van der Waals surface area contributed by atoms with Crippen LogP contribution < -0.4 is 15.4 Å². The quantitative estimate of drug-likeness (QED) is 0.347. The van der Waals surface area contributed by atoms with Crippen molar-refractivity contribution in [3.05, 3.63) is 29.3 Å². The molecule has 2 N–H and O–H groups in total. The number of ether oxygens (including phenoxy) is 2. The third-order valence-electron chi connectivity index (χ3n) is 4.61. The summed E-state index contributed by atoms with van der Waals surface area (Å²) >= 11 is 0. The zero-order valence-electron chi connectivity index (χ0n) is 17.2. The van der Waals surface area contributed by atoms with Crippen LogP contribution in [0, 0.1) is 12.8 Å². The van der Waals surface area contributed by atoms with Gasteiger partial charge < -0.3 is 20.1 Å². The van der Waals surface area contributed by atoms with E-state index in [1.165, 1.54) is 0 Å². The molecule has 158 valence electrons. The third-order valence-corrected chi connectivity index (χ3v) is 6.45. The van der Waals surface area contributed by atoms with E-state index in [0.29, 0.717) is 44.4 Å². The minimum absolute atomic E-state index is 0.146. The summed E-state index contributed by atoms with van der Waals surface area (Å²) in [6, 6.07) is 6.12. The van der Waals surface area contributed by atoms with E-state index in [4.69, 9.17) is 9.47 Å². The summed E-state index contributed by atoms with van der Waals surface area (Å²) < 4.78 is 34.2. The lowest BCUT2D eigenvalue weighted by molar-refractivity contribution is 0.172. The number of benzene rings is 1. The lowest BCUT2D eigenvalue weighted by Gasteiger charge is -2.15. The first-order valence-corrected chi connectivity index (χ1v) is 11.7. The Morgan fingerprint density at radius 1 is 1.29 bits per heavy atom. The molecule has 1 atom stereocenters. The molecule has 0 spiro atoms. The number of rotatable bonds is 10. The van der Waals surface area contributed by atoms with Crippen molar-refractivity contribution in [1.82, 2.24) is 10.6 Å². The van der Waals surface area contributed by atoms with Gasteiger partial charge in [-0.2, -0.15) is 0 Å². The molecule has 2 rings (SSSR count). The molecule has 1 aromatic rings. The van der Waals surface area contributed by atoms with Gasteiger partial charge in [-0.05, 0) is 37.8 Å². The van der Waals surface area contributed by atoms with Crippen LogP contribution in [0.3, 0.4) is 0 Å². The standard InChI is InChI=1S/C20H33N3O4S/c1-4-21-20(22-13-17-8-11-28(24,25)15-17)23-14-18-7-6-16(2)12-19(18)27-10-5-9-26-3/h6-7,12,17H,4-5,8-11,13-15H2,1-3H3,(H2,21,22,23). The van der Waals surface area contributed by atoms with E-state index in [9.17, 15) is 8.42 Å². The lowest BCUT2D eigenvalue weighted by Crippen LogP contribution is -2.40. The highest BCUT2D eigenvalue weighted by Crippen LogP contribution is 2.22. The first kappa shape index (κ1) is 22.5. The highest BCUT2D eigenvalue weighted by Gasteiger charge is 2.27. The van der Waals surface area contributed by atoms with E-state index in [0.717, 1.165) is 29.8 Å². The van der Waals surface area contributed by atoms with Crippen LogP contribution in [-0.2, 0) is 21.1 Å². The second-order valence-electron chi connectivity index (χ2n) is 7.15. The van der Waals surface area contributed by atoms with Gasteiger partial charge in [0.1, 0.15) is 5.75 Å². The SMILES string of the molecule is CCNC(=NCc1ccc(C)cc1OCCCOC)NCC1CCS(=O)(=O)C1. The van der Waals surface area contributed by atoms with Gasteiger partial charge in [0.25, 0.3) is 0 Å². The van der Waals surface area contributed by atoms with Crippen LogP contribution in [0.4, 0.5) is 0 Å². The van der Waals surface area contributed by atoms with Crippen molar-refractivity contribution in [2.45, 2.75) is 33.2 Å². The first-order valence-electron chi connectivity index (χ1n) is 9.87. The van der Waals surface area contributed by atoms with E-state index in [1.54, 1.807) is 7.11 Å². The predicted molar refractivity (Wildman–Crippen MR) is 113 cm³/mol. The predicted octanol–water partition coefficient (Wildman–Crippen LogP) is 1.90. The maximum absolute atomic E-state index is 11.6. The minimum Gasteiger partial charge on any atom is -0.493 e. The monoisotopic (exact) mass is 411 g/mol. The first-order chi connectivity index (χ1) is 13.4. The lowest BCUT2D eigenvalue weighted by atomic mass is 10.1. The van der Waals surface area contributed by atoms with Gasteiger partial charge in [0.15, 0.2) is 15.8 Å². The molecule has 1 saturated heterocycles. The molecule has 0 aliphatic carbocycles. The Balaban J connectivity index is 1.97. The molecule has 0 bridgehead atoms. The molecule has 1 fully saturated rings. The fourth-order valence-corrected chi connectivity index (χ4v) is 4.95. The van der Waals surface area contributed by atoms with Gasteiger partial charge in [0, 0.05) is 38.8 Å². The van der Waals surface area contributed by atoms with Crippen LogP contribution in [-0.4, -0.2) is 59.3 Å². The summed E-state index contributed by atoms with van der Waals surface area (Å²) in [4.78, 5) is 4.66. The highest BCUT2D eigenvalue weighted by molar-refractivity contribution is 7.91. The number of hydrogen-bond donors (Lipinski definition) is 2. The molecule has 0 saturated carbocycles. The van der Waals surface area contributed by atoms with Crippen molar-refractivity contribution >= 4 is 15.8 Å².